The molecule has 0 saturated carbocycles. The van der Waals surface area contributed by atoms with E-state index in [1.165, 1.54) is 55.2 Å². The number of fused-ring (bicyclic) bond motifs is 9. The van der Waals surface area contributed by atoms with Gasteiger partial charge in [-0.1, -0.05) is 176 Å². The largest absolute Gasteiger partial charge is 0.501 e. The van der Waals surface area contributed by atoms with Crippen LogP contribution in [-0.2, 0) is 26.5 Å². The molecule has 0 bridgehead atoms. The molecule has 3 aromatic heterocycles. The Labute approximate surface area is 429 Å². The standard InChI is InChI=1S/C43H33N2O.C20H28NSi.Ir/c1-25(2)35-24-28-13-6-8-15-30(28)39(26(3)4)41(35)45-37-19-10-9-18-36(37)44-43(45)34-17-11-16-33-40-32-21-20-27-12-5-7-14-29(27)31(32)22-23-38(40)46-42(33)34;1-15-8-10-16(11-9-15)18-12-17(13-20(2,3)4)19(14-21-18)22(5,6)7;/h5-16,18-26H,1-4H3;8-10,12,14H,13H2,1-7H3;/q2*-1;/i;1D3,13D2;. The molecular weight excluding hydrogens is 1040 g/mol. The van der Waals surface area contributed by atoms with E-state index in [9.17, 15) is 0 Å². The molecule has 0 aliphatic rings. The van der Waals surface area contributed by atoms with Gasteiger partial charge < -0.3 is 14.0 Å². The first kappa shape index (κ1) is 41.8. The summed E-state index contributed by atoms with van der Waals surface area (Å²) in [7, 11) is -1.81. The van der Waals surface area contributed by atoms with E-state index >= 15 is 0 Å². The summed E-state index contributed by atoms with van der Waals surface area (Å²) in [5.74, 6) is 1.44. The number of imidazole rings is 1. The molecule has 1 radical (unpaired) electrons. The van der Waals surface area contributed by atoms with Crippen LogP contribution in [0, 0.1) is 24.4 Å². The first-order valence-corrected chi connectivity index (χ1v) is 27.3. The number of benzene rings is 8. The predicted molar refractivity (Wildman–Crippen MR) is 293 cm³/mol. The van der Waals surface area contributed by atoms with Gasteiger partial charge in [-0.25, -0.2) is 0 Å². The number of rotatable bonds is 7. The van der Waals surface area contributed by atoms with Crippen molar-refractivity contribution in [3.63, 3.8) is 0 Å². The molecule has 349 valence electrons. The minimum Gasteiger partial charge on any atom is -0.501 e. The Bertz CT molecular complexity index is 3920. The van der Waals surface area contributed by atoms with Gasteiger partial charge in [-0.15, -0.1) is 53.6 Å². The Balaban J connectivity index is 0.000000207. The molecule has 6 heteroatoms. The van der Waals surface area contributed by atoms with E-state index in [1.807, 2.05) is 32.9 Å². The number of nitrogens with zero attached hydrogens (tertiary/aromatic N) is 3. The molecule has 11 rings (SSSR count). The van der Waals surface area contributed by atoms with Gasteiger partial charge in [0.1, 0.15) is 5.58 Å². The second-order valence-electron chi connectivity index (χ2n) is 20.8. The number of hydrogen-bond donors (Lipinski definition) is 0. The molecule has 0 aliphatic carbocycles. The topological polar surface area (TPSA) is 43.9 Å². The van der Waals surface area contributed by atoms with Gasteiger partial charge in [0, 0.05) is 44.2 Å². The van der Waals surface area contributed by atoms with Crippen LogP contribution in [0.25, 0.3) is 93.6 Å². The van der Waals surface area contributed by atoms with Gasteiger partial charge in [-0.3, -0.25) is 4.98 Å². The van der Waals surface area contributed by atoms with Gasteiger partial charge in [0.05, 0.1) is 30.5 Å². The Kier molecular flexibility index (Phi) is 11.3. The van der Waals surface area contributed by atoms with E-state index in [-0.39, 0.29) is 25.7 Å². The first-order valence-electron chi connectivity index (χ1n) is 26.3. The van der Waals surface area contributed by atoms with Crippen LogP contribution in [0.5, 0.6) is 0 Å². The van der Waals surface area contributed by atoms with Crippen molar-refractivity contribution < 1.29 is 31.4 Å². The third kappa shape index (κ3) is 9.00. The van der Waals surface area contributed by atoms with E-state index in [0.29, 0.717) is 28.7 Å². The van der Waals surface area contributed by atoms with E-state index in [2.05, 4.69) is 178 Å². The zero-order valence-corrected chi connectivity index (χ0v) is 44.5. The molecule has 11 aromatic rings. The van der Waals surface area contributed by atoms with Crippen LogP contribution in [0.2, 0.25) is 19.6 Å². The molecule has 0 saturated heterocycles. The summed E-state index contributed by atoms with van der Waals surface area (Å²) >= 11 is 0. The van der Waals surface area contributed by atoms with Crippen molar-refractivity contribution in [1.82, 2.24) is 14.5 Å². The normalized spacial score (nSPS) is 13.7. The van der Waals surface area contributed by atoms with Crippen molar-refractivity contribution in [2.24, 2.45) is 5.41 Å². The summed E-state index contributed by atoms with van der Waals surface area (Å²) in [4.78, 5) is 9.90. The van der Waals surface area contributed by atoms with Crippen molar-refractivity contribution >= 4 is 78.5 Å². The third-order valence-corrected chi connectivity index (χ3v) is 14.9. The molecule has 3 heterocycles. The smallest absolute Gasteiger partial charge is 0.121 e. The number of para-hydroxylation sites is 2. The van der Waals surface area contributed by atoms with Crippen LogP contribution in [0.15, 0.2) is 150 Å². The van der Waals surface area contributed by atoms with Gasteiger partial charge in [0.25, 0.3) is 0 Å². The molecule has 0 unspecified atom stereocenters. The van der Waals surface area contributed by atoms with Gasteiger partial charge in [0.2, 0.25) is 0 Å². The second kappa shape index (κ2) is 18.6. The predicted octanol–water partition coefficient (Wildman–Crippen LogP) is 17.1. The van der Waals surface area contributed by atoms with Crippen LogP contribution < -0.4 is 5.19 Å². The summed E-state index contributed by atoms with van der Waals surface area (Å²) in [6, 6.07) is 54.3. The summed E-state index contributed by atoms with van der Waals surface area (Å²) in [5, 5.41) is 10.7. The Hall–Kier alpha value is -6.17. The number of hydrogen-bond acceptors (Lipinski definition) is 3. The van der Waals surface area contributed by atoms with Gasteiger partial charge in [-0.2, -0.15) is 0 Å². The zero-order valence-electron chi connectivity index (χ0n) is 46.1. The van der Waals surface area contributed by atoms with Crippen molar-refractivity contribution in [3.05, 3.63) is 180 Å². The minimum absolute atomic E-state index is 0. The van der Waals surface area contributed by atoms with E-state index in [0.717, 1.165) is 49.5 Å². The molecule has 69 heavy (non-hydrogen) atoms. The summed E-state index contributed by atoms with van der Waals surface area (Å²) < 4.78 is 49.2. The Morgan fingerprint density at radius 1 is 0.739 bits per heavy atom. The maximum atomic E-state index is 8.79. The van der Waals surface area contributed by atoms with E-state index in [4.69, 9.17) is 16.3 Å². The minimum atomic E-state index is -2.17. The van der Waals surface area contributed by atoms with Crippen LogP contribution in [0.3, 0.4) is 0 Å². The van der Waals surface area contributed by atoms with E-state index < -0.39 is 26.7 Å². The zero-order chi connectivity index (χ0) is 51.9. The monoisotopic (exact) mass is 1100 g/mol. The molecule has 0 amide bonds. The second-order valence-corrected chi connectivity index (χ2v) is 25.8. The molecule has 4 nitrogen and oxygen atoms in total. The van der Waals surface area contributed by atoms with Crippen LogP contribution in [-0.4, -0.2) is 22.6 Å². The molecule has 0 spiro atoms. The van der Waals surface area contributed by atoms with Crippen LogP contribution in [0.1, 0.15) is 89.4 Å². The van der Waals surface area contributed by atoms with E-state index in [1.54, 1.807) is 18.3 Å². The quantitative estimate of drug-likeness (QED) is 0.0907. The number of furan rings is 1. The molecule has 0 atom stereocenters. The molecule has 0 aliphatic heterocycles. The Morgan fingerprint density at radius 2 is 1.46 bits per heavy atom. The van der Waals surface area contributed by atoms with Crippen molar-refractivity contribution in [3.8, 4) is 28.3 Å². The number of aromatic nitrogens is 3. The summed E-state index contributed by atoms with van der Waals surface area (Å²) in [6.07, 6.45) is 0.269. The fourth-order valence-electron chi connectivity index (χ4n) is 9.87. The molecular formula is C63H61IrN3OSi-2. The SMILES string of the molecule is CC(C)c1cc2ccccc2c(C(C)C)c1-n1c(-c2[c-]ccc3c2oc2ccc4c5ccccc5ccc4c23)nc2ccccc21.[2H]C([2H])([2H])c1c[c-]c(-c2cc(C([2H])([2H])C(C)(C)C)c([Si](C)(C)C)cn2)cc1.[Ir]. The van der Waals surface area contributed by atoms with Crippen molar-refractivity contribution in [2.75, 3.05) is 0 Å². The summed E-state index contributed by atoms with van der Waals surface area (Å²) in [5.41, 5.74) is 10.0. The summed E-state index contributed by atoms with van der Waals surface area (Å²) in [6.45, 7) is 19.3. The fourth-order valence-corrected chi connectivity index (χ4v) is 11.3. The van der Waals surface area contributed by atoms with Crippen LogP contribution in [0.4, 0.5) is 0 Å². The van der Waals surface area contributed by atoms with Gasteiger partial charge in [-0.05, 0) is 102 Å². The maximum Gasteiger partial charge on any atom is 0.121 e. The fraction of sp³-hybridized carbons (Fsp3) is 0.238. The number of pyridine rings is 1. The van der Waals surface area contributed by atoms with Crippen LogP contribution >= 0.6 is 0 Å². The van der Waals surface area contributed by atoms with Crippen molar-refractivity contribution in [1.29, 1.82) is 0 Å². The maximum absolute atomic E-state index is 8.79. The Morgan fingerprint density at radius 3 is 2.17 bits per heavy atom. The van der Waals surface area contributed by atoms with Crippen molar-refractivity contribution in [2.45, 2.75) is 93.2 Å². The molecule has 0 fully saturated rings. The average Bonchev–Trinajstić information content (AvgIpc) is 3.94. The van der Waals surface area contributed by atoms with Gasteiger partial charge in [0.15, 0.2) is 0 Å². The van der Waals surface area contributed by atoms with Gasteiger partial charge >= 0.3 is 0 Å². The average molecular weight is 1100 g/mol. The number of aryl methyl sites for hydroxylation is 1. The molecule has 0 N–H and O–H groups in total. The first-order chi connectivity index (χ1) is 34.5. The molecule has 8 aromatic carbocycles. The third-order valence-electron chi connectivity index (χ3n) is 12.9.